The largest absolute Gasteiger partial charge is 0.471 e. The van der Waals surface area contributed by atoms with Crippen molar-refractivity contribution < 1.29 is 22.7 Å². The Bertz CT molecular complexity index is 1060. The summed E-state index contributed by atoms with van der Waals surface area (Å²) in [5, 5.41) is 5.52. The summed E-state index contributed by atoms with van der Waals surface area (Å²) < 4.78 is 38.2. The molecule has 2 aromatic rings. The van der Waals surface area contributed by atoms with Crippen molar-refractivity contribution in [2.75, 3.05) is 31.6 Å². The molecule has 0 spiro atoms. The van der Waals surface area contributed by atoms with Crippen LogP contribution in [0.4, 0.5) is 10.5 Å². The molecule has 1 unspecified atom stereocenters. The number of carbonyl (C=O) groups is 1. The van der Waals surface area contributed by atoms with E-state index in [9.17, 15) is 13.2 Å². The highest BCUT2D eigenvalue weighted by Crippen LogP contribution is 2.28. The molecule has 1 heterocycles. The first-order chi connectivity index (χ1) is 15.2. The van der Waals surface area contributed by atoms with Crippen molar-refractivity contribution >= 4 is 33.3 Å². The van der Waals surface area contributed by atoms with E-state index in [4.69, 9.17) is 21.1 Å². The summed E-state index contributed by atoms with van der Waals surface area (Å²) in [6.07, 6.45) is -0.631. The minimum Gasteiger partial charge on any atom is -0.471 e. The highest BCUT2D eigenvalue weighted by Gasteiger charge is 2.27. The number of carbonyl (C=O) groups excluding carboxylic acids is 1. The molecule has 8 nitrogen and oxygen atoms in total. The van der Waals surface area contributed by atoms with Crippen LogP contribution in [0.1, 0.15) is 32.3 Å². The Kier molecular flexibility index (Phi) is 8.00. The molecule has 2 aromatic carbocycles. The number of anilines is 1. The average molecular weight is 482 g/mol. The zero-order valence-corrected chi connectivity index (χ0v) is 19.9. The molecule has 3 rings (SSSR count). The van der Waals surface area contributed by atoms with Gasteiger partial charge in [-0.05, 0) is 42.7 Å². The predicted octanol–water partition coefficient (Wildman–Crippen LogP) is 4.03. The molecule has 32 heavy (non-hydrogen) atoms. The van der Waals surface area contributed by atoms with Crippen LogP contribution >= 0.6 is 11.6 Å². The summed E-state index contributed by atoms with van der Waals surface area (Å²) in [6, 6.07) is 11.3. The molecule has 174 valence electrons. The second-order valence-corrected chi connectivity index (χ2v) is 10.1. The number of amides is 2. The Balaban J connectivity index is 1.68. The SMILES string of the molecule is CC(NC(=O)Nc1cc(S(=O)(=O)N2CCOCC2)ccc1Cl)Oc1ccccc1C(C)C. The van der Waals surface area contributed by atoms with Gasteiger partial charge in [0.25, 0.3) is 0 Å². The molecular formula is C22H28ClN3O5S. The van der Waals surface area contributed by atoms with Crippen molar-refractivity contribution in [2.45, 2.75) is 37.8 Å². The lowest BCUT2D eigenvalue weighted by molar-refractivity contribution is 0.0730. The van der Waals surface area contributed by atoms with Gasteiger partial charge in [-0.3, -0.25) is 0 Å². The highest BCUT2D eigenvalue weighted by atomic mass is 35.5. The molecule has 1 aliphatic heterocycles. The maximum absolute atomic E-state index is 12.9. The molecule has 0 aliphatic carbocycles. The fourth-order valence-electron chi connectivity index (χ4n) is 3.32. The van der Waals surface area contributed by atoms with Crippen molar-refractivity contribution in [2.24, 2.45) is 0 Å². The lowest BCUT2D eigenvalue weighted by atomic mass is 10.0. The minimum absolute atomic E-state index is 0.0502. The fraction of sp³-hybridized carbons (Fsp3) is 0.409. The first-order valence-corrected chi connectivity index (χ1v) is 12.2. The summed E-state index contributed by atoms with van der Waals surface area (Å²) in [7, 11) is -3.72. The van der Waals surface area contributed by atoms with Gasteiger partial charge in [-0.15, -0.1) is 0 Å². The second-order valence-electron chi connectivity index (χ2n) is 7.71. The van der Waals surface area contributed by atoms with Crippen LogP contribution in [0.3, 0.4) is 0 Å². The van der Waals surface area contributed by atoms with Gasteiger partial charge < -0.3 is 20.1 Å². The zero-order chi connectivity index (χ0) is 23.3. The van der Waals surface area contributed by atoms with Gasteiger partial charge in [0.15, 0.2) is 6.23 Å². The average Bonchev–Trinajstić information content (AvgIpc) is 2.75. The topological polar surface area (TPSA) is 97.0 Å². The first-order valence-electron chi connectivity index (χ1n) is 10.4. The summed E-state index contributed by atoms with van der Waals surface area (Å²) in [5.41, 5.74) is 1.22. The van der Waals surface area contributed by atoms with Crippen LogP contribution in [0, 0.1) is 0 Å². The van der Waals surface area contributed by atoms with Crippen molar-refractivity contribution in [1.82, 2.24) is 9.62 Å². The van der Waals surface area contributed by atoms with E-state index >= 15 is 0 Å². The summed E-state index contributed by atoms with van der Waals surface area (Å²) >= 11 is 6.20. The Morgan fingerprint density at radius 2 is 1.81 bits per heavy atom. The monoisotopic (exact) mass is 481 g/mol. The van der Waals surface area contributed by atoms with Crippen LogP contribution in [0.15, 0.2) is 47.4 Å². The first kappa shape index (κ1) is 24.3. The van der Waals surface area contributed by atoms with Gasteiger partial charge in [-0.2, -0.15) is 4.31 Å². The number of rotatable bonds is 7. The van der Waals surface area contributed by atoms with E-state index < -0.39 is 22.3 Å². The number of hydrogen-bond donors (Lipinski definition) is 2. The smallest absolute Gasteiger partial charge is 0.322 e. The molecule has 0 radical (unpaired) electrons. The molecule has 1 fully saturated rings. The fourth-order valence-corrected chi connectivity index (χ4v) is 4.92. The van der Waals surface area contributed by atoms with Crippen molar-refractivity contribution in [3.8, 4) is 5.75 Å². The van der Waals surface area contributed by atoms with Crippen molar-refractivity contribution in [3.05, 3.63) is 53.1 Å². The zero-order valence-electron chi connectivity index (χ0n) is 18.3. The Labute approximate surface area is 193 Å². The maximum atomic E-state index is 12.9. The van der Waals surface area contributed by atoms with Crippen LogP contribution in [-0.4, -0.2) is 51.3 Å². The van der Waals surface area contributed by atoms with E-state index in [1.807, 2.05) is 24.3 Å². The molecule has 0 aromatic heterocycles. The quantitative estimate of drug-likeness (QED) is 0.582. The molecular weight excluding hydrogens is 454 g/mol. The maximum Gasteiger partial charge on any atom is 0.322 e. The standard InChI is InChI=1S/C22H28ClN3O5S/c1-15(2)18-6-4-5-7-21(18)31-16(3)24-22(27)25-20-14-17(8-9-19(20)23)32(28,29)26-10-12-30-13-11-26/h4-9,14-16H,10-13H2,1-3H3,(H2,24,25,27). The van der Waals surface area contributed by atoms with E-state index in [2.05, 4.69) is 24.5 Å². The van der Waals surface area contributed by atoms with Crippen molar-refractivity contribution in [3.63, 3.8) is 0 Å². The Hall–Kier alpha value is -2.33. The lowest BCUT2D eigenvalue weighted by Gasteiger charge is -2.26. The van der Waals surface area contributed by atoms with Gasteiger partial charge >= 0.3 is 6.03 Å². The molecule has 1 saturated heterocycles. The number of urea groups is 1. The van der Waals surface area contributed by atoms with Gasteiger partial charge in [-0.1, -0.05) is 43.6 Å². The molecule has 1 aliphatic rings. The normalized spacial score (nSPS) is 15.9. The molecule has 1 atom stereocenters. The van der Waals surface area contributed by atoms with Crippen LogP contribution in [0.2, 0.25) is 5.02 Å². The van der Waals surface area contributed by atoms with Crippen LogP contribution < -0.4 is 15.4 Å². The Morgan fingerprint density at radius 1 is 1.12 bits per heavy atom. The van der Waals surface area contributed by atoms with E-state index in [0.29, 0.717) is 19.0 Å². The lowest BCUT2D eigenvalue weighted by Crippen LogP contribution is -2.41. The van der Waals surface area contributed by atoms with Gasteiger partial charge in [0.1, 0.15) is 5.75 Å². The number of morpholine rings is 1. The second kappa shape index (κ2) is 10.5. The summed E-state index contributed by atoms with van der Waals surface area (Å²) in [5.74, 6) is 0.953. The third kappa shape index (κ3) is 5.92. The third-order valence-electron chi connectivity index (χ3n) is 4.97. The van der Waals surface area contributed by atoms with Crippen molar-refractivity contribution in [1.29, 1.82) is 0 Å². The molecule has 10 heteroatoms. The number of sulfonamides is 1. The van der Waals surface area contributed by atoms with Gasteiger partial charge in [0.2, 0.25) is 10.0 Å². The number of nitrogens with one attached hydrogen (secondary N) is 2. The molecule has 0 bridgehead atoms. The van der Waals surface area contributed by atoms with Crippen LogP contribution in [0.5, 0.6) is 5.75 Å². The van der Waals surface area contributed by atoms with Crippen LogP contribution in [-0.2, 0) is 14.8 Å². The van der Waals surface area contributed by atoms with E-state index in [1.165, 1.54) is 22.5 Å². The van der Waals surface area contributed by atoms with Gasteiger partial charge in [0.05, 0.1) is 28.8 Å². The van der Waals surface area contributed by atoms with Gasteiger partial charge in [0, 0.05) is 13.1 Å². The van der Waals surface area contributed by atoms with E-state index in [1.54, 1.807) is 6.92 Å². The number of nitrogens with zero attached hydrogens (tertiary/aromatic N) is 1. The third-order valence-corrected chi connectivity index (χ3v) is 7.20. The predicted molar refractivity (Wildman–Crippen MR) is 124 cm³/mol. The summed E-state index contributed by atoms with van der Waals surface area (Å²) in [4.78, 5) is 12.6. The molecule has 2 amide bonds. The number of halogens is 1. The van der Waals surface area contributed by atoms with E-state index in [0.717, 1.165) is 5.56 Å². The molecule has 2 N–H and O–H groups in total. The van der Waals surface area contributed by atoms with Gasteiger partial charge in [-0.25, -0.2) is 13.2 Å². The Morgan fingerprint density at radius 3 is 2.50 bits per heavy atom. The summed E-state index contributed by atoms with van der Waals surface area (Å²) in [6.45, 7) is 7.08. The highest BCUT2D eigenvalue weighted by molar-refractivity contribution is 7.89. The van der Waals surface area contributed by atoms with Crippen LogP contribution in [0.25, 0.3) is 0 Å². The minimum atomic E-state index is -3.72. The number of hydrogen-bond acceptors (Lipinski definition) is 5. The van der Waals surface area contributed by atoms with E-state index in [-0.39, 0.29) is 34.6 Å². The number of ether oxygens (including phenoxy) is 2. The molecule has 0 saturated carbocycles. The number of benzene rings is 2. The number of para-hydroxylation sites is 1.